The molecular weight excluding hydrogens is 573 g/mol. The zero-order chi connectivity index (χ0) is 30.8. The smallest absolute Gasteiger partial charge is 0.379 e. The fourth-order valence-corrected chi connectivity index (χ4v) is 6.15. The Morgan fingerprint density at radius 2 is 1.57 bits per heavy atom. The van der Waals surface area contributed by atoms with Crippen LogP contribution in [0.1, 0.15) is 34.8 Å². The van der Waals surface area contributed by atoms with Gasteiger partial charge in [0.1, 0.15) is 0 Å². The maximum Gasteiger partial charge on any atom is 0.416 e. The number of morpholine rings is 1. The summed E-state index contributed by atoms with van der Waals surface area (Å²) in [5.74, 6) is -0.0864. The second-order valence-electron chi connectivity index (χ2n) is 11.3. The number of piperidine rings is 1. The Morgan fingerprint density at radius 1 is 0.909 bits per heavy atom. The van der Waals surface area contributed by atoms with Gasteiger partial charge in [-0.3, -0.25) is 23.8 Å². The summed E-state index contributed by atoms with van der Waals surface area (Å²) in [5.41, 5.74) is 2.17. The van der Waals surface area contributed by atoms with Crippen molar-refractivity contribution in [3.63, 3.8) is 0 Å². The maximum atomic E-state index is 13.8. The van der Waals surface area contributed by atoms with Gasteiger partial charge in [0.25, 0.3) is 5.91 Å². The maximum absolute atomic E-state index is 13.8. The molecule has 44 heavy (non-hydrogen) atoms. The molecule has 0 radical (unpaired) electrons. The Bertz CT molecular complexity index is 1660. The number of fused-ring (bicyclic) bond motifs is 1. The molecule has 2 aliphatic heterocycles. The number of carbonyl (C=O) groups excluding carboxylic acids is 1. The second kappa shape index (κ2) is 12.4. The van der Waals surface area contributed by atoms with E-state index in [1.807, 2.05) is 48.3 Å². The first-order valence-electron chi connectivity index (χ1n) is 14.9. The van der Waals surface area contributed by atoms with Crippen LogP contribution >= 0.6 is 0 Å². The number of imidazole rings is 1. The fraction of sp³-hybridized carbons (Fsp3) is 0.406. The fourth-order valence-electron chi connectivity index (χ4n) is 6.15. The standard InChI is InChI=1S/C32H35F3N6O3/c1-37(26-8-12-36-13-9-26)25-5-2-23(3-6-25)30(42)39-14-10-27(11-15-39)41-28-7-4-24(32(33,34)35)22-29(28)40(31(41)43)17-16-38-18-20-44-21-19-38/h2-9,12-13,22,27H,10-11,14-21H2,1H3. The molecule has 12 heteroatoms. The minimum absolute atomic E-state index is 0.0864. The average molecular weight is 609 g/mol. The van der Waals surface area contributed by atoms with Gasteiger partial charge in [-0.2, -0.15) is 13.2 Å². The van der Waals surface area contributed by atoms with Crippen molar-refractivity contribution in [3.05, 3.63) is 88.6 Å². The summed E-state index contributed by atoms with van der Waals surface area (Å²) >= 11 is 0. The van der Waals surface area contributed by atoms with Crippen LogP contribution in [0.15, 0.2) is 71.8 Å². The number of aromatic nitrogens is 3. The number of carbonyl (C=O) groups is 1. The Hall–Kier alpha value is -4.16. The number of halogens is 3. The van der Waals surface area contributed by atoms with Gasteiger partial charge in [-0.25, -0.2) is 4.79 Å². The Morgan fingerprint density at radius 3 is 2.23 bits per heavy atom. The normalized spacial score (nSPS) is 16.9. The summed E-state index contributed by atoms with van der Waals surface area (Å²) in [6.07, 6.45) is -0.00910. The number of pyridine rings is 1. The first-order valence-corrected chi connectivity index (χ1v) is 14.9. The molecule has 2 aliphatic rings. The first kappa shape index (κ1) is 29.9. The highest BCUT2D eigenvalue weighted by atomic mass is 19.4. The van der Waals surface area contributed by atoms with Crippen molar-refractivity contribution in [1.29, 1.82) is 0 Å². The summed E-state index contributed by atoms with van der Waals surface area (Å²) in [7, 11) is 1.95. The number of nitrogens with zero attached hydrogens (tertiary/aromatic N) is 6. The van der Waals surface area contributed by atoms with Crippen molar-refractivity contribution in [2.24, 2.45) is 0 Å². The SMILES string of the molecule is CN(c1ccncc1)c1ccc(C(=O)N2CCC(n3c(=O)n(CCN4CCOCC4)c4cc(C(F)(F)F)ccc43)CC2)cc1. The van der Waals surface area contributed by atoms with Crippen molar-refractivity contribution in [2.45, 2.75) is 31.6 Å². The van der Waals surface area contributed by atoms with Crippen LogP contribution < -0.4 is 10.6 Å². The van der Waals surface area contributed by atoms with Crippen molar-refractivity contribution in [1.82, 2.24) is 23.9 Å². The van der Waals surface area contributed by atoms with Crippen LogP contribution in [-0.4, -0.2) is 82.8 Å². The molecule has 2 saturated heterocycles. The van der Waals surface area contributed by atoms with Crippen LogP contribution in [-0.2, 0) is 17.5 Å². The lowest BCUT2D eigenvalue weighted by Crippen LogP contribution is -2.42. The number of benzene rings is 2. The van der Waals surface area contributed by atoms with Gasteiger partial charge >= 0.3 is 11.9 Å². The molecule has 0 spiro atoms. The summed E-state index contributed by atoms with van der Waals surface area (Å²) in [4.78, 5) is 37.1. The third kappa shape index (κ3) is 6.09. The first-order chi connectivity index (χ1) is 21.2. The molecule has 2 aromatic carbocycles. The predicted molar refractivity (Wildman–Crippen MR) is 161 cm³/mol. The number of anilines is 2. The lowest BCUT2D eigenvalue weighted by molar-refractivity contribution is -0.137. The van der Waals surface area contributed by atoms with Gasteiger partial charge in [-0.05, 0) is 67.4 Å². The highest BCUT2D eigenvalue weighted by Crippen LogP contribution is 2.33. The molecule has 4 heterocycles. The van der Waals surface area contributed by atoms with Crippen LogP contribution in [0.4, 0.5) is 24.5 Å². The summed E-state index contributed by atoms with van der Waals surface area (Å²) in [6.45, 7) is 4.34. The number of likely N-dealkylation sites (tertiary alicyclic amines) is 1. The number of rotatable bonds is 7. The van der Waals surface area contributed by atoms with E-state index in [9.17, 15) is 22.8 Å². The van der Waals surface area contributed by atoms with Gasteiger partial charge in [-0.1, -0.05) is 0 Å². The monoisotopic (exact) mass is 608 g/mol. The van der Waals surface area contributed by atoms with E-state index in [2.05, 4.69) is 9.88 Å². The van der Waals surface area contributed by atoms with Gasteiger partial charge in [0.15, 0.2) is 0 Å². The van der Waals surface area contributed by atoms with Gasteiger partial charge in [-0.15, -0.1) is 0 Å². The molecule has 6 rings (SSSR count). The third-order valence-corrected chi connectivity index (χ3v) is 8.70. The molecule has 0 N–H and O–H groups in total. The molecule has 2 aromatic heterocycles. The molecule has 2 fully saturated rings. The summed E-state index contributed by atoms with van der Waals surface area (Å²) in [6, 6.07) is 14.6. The van der Waals surface area contributed by atoms with Gasteiger partial charge in [0, 0.05) is 81.7 Å². The van der Waals surface area contributed by atoms with Crippen molar-refractivity contribution in [3.8, 4) is 0 Å². The highest BCUT2D eigenvalue weighted by Gasteiger charge is 2.33. The lowest BCUT2D eigenvalue weighted by Gasteiger charge is -2.32. The quantitative estimate of drug-likeness (QED) is 0.300. The Labute approximate surface area is 253 Å². The Balaban J connectivity index is 1.18. The van der Waals surface area contributed by atoms with Crippen molar-refractivity contribution < 1.29 is 22.7 Å². The van der Waals surface area contributed by atoms with Crippen LogP contribution in [0, 0.1) is 0 Å². The second-order valence-corrected chi connectivity index (χ2v) is 11.3. The summed E-state index contributed by atoms with van der Waals surface area (Å²) < 4.78 is 49.4. The minimum Gasteiger partial charge on any atom is -0.379 e. The molecular formula is C32H35F3N6O3. The van der Waals surface area contributed by atoms with E-state index in [0.717, 1.165) is 36.6 Å². The average Bonchev–Trinajstić information content (AvgIpc) is 3.33. The van der Waals surface area contributed by atoms with E-state index in [1.54, 1.807) is 21.9 Å². The largest absolute Gasteiger partial charge is 0.416 e. The van der Waals surface area contributed by atoms with Crippen LogP contribution in [0.25, 0.3) is 11.0 Å². The Kier molecular flexibility index (Phi) is 8.46. The lowest BCUT2D eigenvalue weighted by atomic mass is 10.0. The van der Waals surface area contributed by atoms with E-state index >= 15 is 0 Å². The van der Waals surface area contributed by atoms with Crippen molar-refractivity contribution >= 4 is 28.3 Å². The van der Waals surface area contributed by atoms with Crippen LogP contribution in [0.3, 0.4) is 0 Å². The van der Waals surface area contributed by atoms with E-state index in [-0.39, 0.29) is 29.7 Å². The third-order valence-electron chi connectivity index (χ3n) is 8.70. The van der Waals surface area contributed by atoms with E-state index in [4.69, 9.17) is 4.74 Å². The van der Waals surface area contributed by atoms with E-state index < -0.39 is 11.7 Å². The molecule has 4 aromatic rings. The molecule has 9 nitrogen and oxygen atoms in total. The van der Waals surface area contributed by atoms with Crippen molar-refractivity contribution in [2.75, 3.05) is 57.9 Å². The van der Waals surface area contributed by atoms with Crippen LogP contribution in [0.5, 0.6) is 0 Å². The number of hydrogen-bond donors (Lipinski definition) is 0. The zero-order valence-electron chi connectivity index (χ0n) is 24.5. The number of ether oxygens (including phenoxy) is 1. The molecule has 0 saturated carbocycles. The predicted octanol–water partition coefficient (Wildman–Crippen LogP) is 4.79. The molecule has 232 valence electrons. The van der Waals surface area contributed by atoms with Gasteiger partial charge < -0.3 is 14.5 Å². The topological polar surface area (TPSA) is 75.8 Å². The molecule has 0 aliphatic carbocycles. The molecule has 0 atom stereocenters. The summed E-state index contributed by atoms with van der Waals surface area (Å²) in [5, 5.41) is 0. The number of hydrogen-bond acceptors (Lipinski definition) is 6. The van der Waals surface area contributed by atoms with Gasteiger partial charge in [0.05, 0.1) is 29.8 Å². The zero-order valence-corrected chi connectivity index (χ0v) is 24.5. The van der Waals surface area contributed by atoms with E-state index in [1.165, 1.54) is 10.6 Å². The highest BCUT2D eigenvalue weighted by molar-refractivity contribution is 5.94. The van der Waals surface area contributed by atoms with E-state index in [0.29, 0.717) is 56.8 Å². The molecule has 0 bridgehead atoms. The number of amides is 1. The number of alkyl halides is 3. The van der Waals surface area contributed by atoms with Gasteiger partial charge in [0.2, 0.25) is 0 Å². The van der Waals surface area contributed by atoms with Crippen LogP contribution in [0.2, 0.25) is 0 Å². The molecule has 0 unspecified atom stereocenters. The minimum atomic E-state index is -4.51. The molecule has 1 amide bonds.